The van der Waals surface area contributed by atoms with Gasteiger partial charge in [-0.05, 0) is 41.4 Å². The zero-order chi connectivity index (χ0) is 13.0. The Morgan fingerprint density at radius 1 is 1.28 bits per heavy atom. The molecule has 0 fully saturated rings. The molecule has 2 aromatic rings. The first-order chi connectivity index (χ1) is 8.72. The summed E-state index contributed by atoms with van der Waals surface area (Å²) in [4.78, 5) is 9.74. The number of benzene rings is 1. The van der Waals surface area contributed by atoms with Crippen LogP contribution in [0.5, 0.6) is 0 Å². The largest absolute Gasteiger partial charge is 0.369 e. The molecule has 18 heavy (non-hydrogen) atoms. The first kappa shape index (κ1) is 13.4. The Hall–Kier alpha value is -1.07. The molecule has 3 nitrogen and oxygen atoms in total. The summed E-state index contributed by atoms with van der Waals surface area (Å²) < 4.78 is 0.917. The molecular formula is C13H14BrN3S. The van der Waals surface area contributed by atoms with Crippen molar-refractivity contribution in [2.45, 2.75) is 23.8 Å². The Balaban J connectivity index is 2.30. The first-order valence-electron chi connectivity index (χ1n) is 5.70. The van der Waals surface area contributed by atoms with E-state index >= 15 is 0 Å². The number of aromatic nitrogens is 2. The molecule has 0 aliphatic rings. The number of nitrogens with zero attached hydrogens (tertiary/aromatic N) is 2. The van der Waals surface area contributed by atoms with Crippen LogP contribution in [0, 0.1) is 6.92 Å². The van der Waals surface area contributed by atoms with Crippen LogP contribution in [0.2, 0.25) is 0 Å². The van der Waals surface area contributed by atoms with Gasteiger partial charge in [0.2, 0.25) is 0 Å². The minimum absolute atomic E-state index is 0.837. The second-order valence-electron chi connectivity index (χ2n) is 3.74. The number of anilines is 1. The van der Waals surface area contributed by atoms with Crippen LogP contribution in [0.15, 0.2) is 45.0 Å². The lowest BCUT2D eigenvalue weighted by molar-refractivity contribution is 1.01. The average Bonchev–Trinajstić information content (AvgIpc) is 2.37. The fourth-order valence-corrected chi connectivity index (χ4v) is 2.95. The highest BCUT2D eigenvalue weighted by Gasteiger charge is 2.10. The second kappa shape index (κ2) is 6.20. The summed E-state index contributed by atoms with van der Waals surface area (Å²) in [7, 11) is 0. The molecule has 0 aliphatic heterocycles. The second-order valence-corrected chi connectivity index (χ2v) is 5.56. The topological polar surface area (TPSA) is 37.8 Å². The third-order valence-electron chi connectivity index (χ3n) is 2.40. The van der Waals surface area contributed by atoms with Gasteiger partial charge in [-0.25, -0.2) is 9.97 Å². The quantitative estimate of drug-likeness (QED) is 0.858. The Morgan fingerprint density at radius 2 is 2.06 bits per heavy atom. The molecule has 0 saturated carbocycles. The van der Waals surface area contributed by atoms with Crippen LogP contribution in [-0.4, -0.2) is 16.5 Å². The van der Waals surface area contributed by atoms with Crippen molar-refractivity contribution in [1.82, 2.24) is 9.97 Å². The van der Waals surface area contributed by atoms with E-state index in [9.17, 15) is 0 Å². The maximum absolute atomic E-state index is 4.32. The third-order valence-corrected chi connectivity index (χ3v) is 4.60. The fraction of sp³-hybridized carbons (Fsp3) is 0.231. The predicted octanol–water partition coefficient (Wildman–Crippen LogP) is 4.13. The summed E-state index contributed by atoms with van der Waals surface area (Å²) in [6.45, 7) is 4.98. The number of aryl methyl sites for hydroxylation is 1. The van der Waals surface area contributed by atoms with Gasteiger partial charge in [0.15, 0.2) is 0 Å². The van der Waals surface area contributed by atoms with Crippen LogP contribution < -0.4 is 5.32 Å². The van der Waals surface area contributed by atoms with Crippen molar-refractivity contribution in [3.8, 4) is 0 Å². The van der Waals surface area contributed by atoms with Crippen LogP contribution in [-0.2, 0) is 0 Å². The van der Waals surface area contributed by atoms with Crippen molar-refractivity contribution in [2.24, 2.45) is 0 Å². The Kier molecular flexibility index (Phi) is 4.60. The number of rotatable bonds is 4. The molecule has 1 heterocycles. The predicted molar refractivity (Wildman–Crippen MR) is 79.2 cm³/mol. The summed E-state index contributed by atoms with van der Waals surface area (Å²) in [5.74, 6) is 0.837. The Morgan fingerprint density at radius 3 is 2.78 bits per heavy atom. The molecule has 0 radical (unpaired) electrons. The fourth-order valence-electron chi connectivity index (χ4n) is 1.49. The molecule has 0 saturated heterocycles. The van der Waals surface area contributed by atoms with Crippen LogP contribution in [0.1, 0.15) is 12.5 Å². The van der Waals surface area contributed by atoms with Gasteiger partial charge < -0.3 is 5.32 Å². The van der Waals surface area contributed by atoms with Crippen molar-refractivity contribution < 1.29 is 0 Å². The minimum Gasteiger partial charge on any atom is -0.369 e. The smallest absolute Gasteiger partial charge is 0.144 e. The van der Waals surface area contributed by atoms with E-state index in [1.807, 2.05) is 19.1 Å². The Labute approximate surface area is 120 Å². The molecule has 1 N–H and O–H groups in total. The molecule has 5 heteroatoms. The van der Waals surface area contributed by atoms with E-state index in [1.54, 1.807) is 18.1 Å². The number of halogens is 1. The molecule has 0 atom stereocenters. The lowest BCUT2D eigenvalue weighted by atomic mass is 10.2. The highest BCUT2D eigenvalue weighted by Crippen LogP contribution is 2.35. The van der Waals surface area contributed by atoms with E-state index in [0.29, 0.717) is 0 Å². The maximum atomic E-state index is 4.32. The highest BCUT2D eigenvalue weighted by molar-refractivity contribution is 9.10. The normalized spacial score (nSPS) is 10.4. The molecular weight excluding hydrogens is 310 g/mol. The standard InChI is InChI=1S/C13H14BrN3S/c1-3-15-12-11(14)13(17-8-16-12)18-10-7-5-4-6-9(10)2/h4-8H,3H2,1-2H3,(H,15,16,17). The van der Waals surface area contributed by atoms with Gasteiger partial charge >= 0.3 is 0 Å². The summed E-state index contributed by atoms with van der Waals surface area (Å²) in [6, 6.07) is 8.28. The maximum Gasteiger partial charge on any atom is 0.144 e. The zero-order valence-electron chi connectivity index (χ0n) is 10.3. The van der Waals surface area contributed by atoms with E-state index in [0.717, 1.165) is 21.9 Å². The van der Waals surface area contributed by atoms with Gasteiger partial charge in [0, 0.05) is 11.4 Å². The molecule has 0 amide bonds. The van der Waals surface area contributed by atoms with Crippen molar-refractivity contribution in [2.75, 3.05) is 11.9 Å². The average molecular weight is 324 g/mol. The third kappa shape index (κ3) is 3.03. The Bertz CT molecular complexity index is 546. The van der Waals surface area contributed by atoms with E-state index < -0.39 is 0 Å². The van der Waals surface area contributed by atoms with E-state index in [1.165, 1.54) is 10.5 Å². The van der Waals surface area contributed by atoms with E-state index in [2.05, 4.69) is 50.3 Å². The lowest BCUT2D eigenvalue weighted by Gasteiger charge is -2.09. The van der Waals surface area contributed by atoms with Gasteiger partial charge in [-0.1, -0.05) is 30.0 Å². The van der Waals surface area contributed by atoms with Gasteiger partial charge in [0.05, 0.1) is 4.47 Å². The molecule has 94 valence electrons. The molecule has 2 rings (SSSR count). The monoisotopic (exact) mass is 323 g/mol. The number of nitrogens with one attached hydrogen (secondary N) is 1. The van der Waals surface area contributed by atoms with Gasteiger partial charge in [0.25, 0.3) is 0 Å². The van der Waals surface area contributed by atoms with Crippen molar-refractivity contribution in [1.29, 1.82) is 0 Å². The molecule has 0 spiro atoms. The van der Waals surface area contributed by atoms with E-state index in [4.69, 9.17) is 0 Å². The van der Waals surface area contributed by atoms with Crippen molar-refractivity contribution in [3.05, 3.63) is 40.6 Å². The van der Waals surface area contributed by atoms with Crippen LogP contribution in [0.3, 0.4) is 0 Å². The summed E-state index contributed by atoms with van der Waals surface area (Å²) in [6.07, 6.45) is 1.59. The molecule has 0 unspecified atom stereocenters. The summed E-state index contributed by atoms with van der Waals surface area (Å²) >= 11 is 5.20. The van der Waals surface area contributed by atoms with Gasteiger partial charge in [-0.2, -0.15) is 0 Å². The lowest BCUT2D eigenvalue weighted by Crippen LogP contribution is -2.01. The molecule has 1 aromatic carbocycles. The zero-order valence-corrected chi connectivity index (χ0v) is 12.7. The molecule has 0 aliphatic carbocycles. The molecule has 1 aromatic heterocycles. The van der Waals surface area contributed by atoms with Crippen molar-refractivity contribution in [3.63, 3.8) is 0 Å². The number of hydrogen-bond donors (Lipinski definition) is 1. The highest BCUT2D eigenvalue weighted by atomic mass is 79.9. The van der Waals surface area contributed by atoms with Crippen LogP contribution >= 0.6 is 27.7 Å². The molecule has 0 bridgehead atoms. The summed E-state index contributed by atoms with van der Waals surface area (Å²) in [5, 5.41) is 4.13. The van der Waals surface area contributed by atoms with Crippen molar-refractivity contribution >= 4 is 33.5 Å². The SMILES string of the molecule is CCNc1ncnc(Sc2ccccc2C)c1Br. The van der Waals surface area contributed by atoms with E-state index in [-0.39, 0.29) is 0 Å². The van der Waals surface area contributed by atoms with Gasteiger partial charge in [0.1, 0.15) is 17.2 Å². The number of hydrogen-bond acceptors (Lipinski definition) is 4. The van der Waals surface area contributed by atoms with Crippen LogP contribution in [0.4, 0.5) is 5.82 Å². The minimum atomic E-state index is 0.837. The van der Waals surface area contributed by atoms with Gasteiger partial charge in [-0.15, -0.1) is 0 Å². The first-order valence-corrected chi connectivity index (χ1v) is 7.31. The summed E-state index contributed by atoms with van der Waals surface area (Å²) in [5.41, 5.74) is 1.25. The van der Waals surface area contributed by atoms with Gasteiger partial charge in [-0.3, -0.25) is 0 Å². The van der Waals surface area contributed by atoms with Crippen LogP contribution in [0.25, 0.3) is 0 Å².